The summed E-state index contributed by atoms with van der Waals surface area (Å²) in [5, 5.41) is 3.42. The molecule has 6 nitrogen and oxygen atoms in total. The number of ether oxygens (including phenoxy) is 1. The molecule has 2 amide bonds. The lowest BCUT2D eigenvalue weighted by Gasteiger charge is -2.26. The molecule has 1 N–H and O–H groups in total. The van der Waals surface area contributed by atoms with Gasteiger partial charge >= 0.3 is 0 Å². The maximum atomic E-state index is 12.4. The molecule has 1 aliphatic rings. The lowest BCUT2D eigenvalue weighted by molar-refractivity contribution is -0.132. The fourth-order valence-electron chi connectivity index (χ4n) is 2.87. The van der Waals surface area contributed by atoms with Crippen molar-refractivity contribution in [2.75, 3.05) is 19.0 Å². The van der Waals surface area contributed by atoms with Crippen LogP contribution >= 0.6 is 11.3 Å². The number of methoxy groups -OCH3 is 1. The van der Waals surface area contributed by atoms with Crippen molar-refractivity contribution in [2.45, 2.75) is 33.2 Å². The number of amides is 2. The fraction of sp³-hybridized carbons (Fsp3) is 0.421. The summed E-state index contributed by atoms with van der Waals surface area (Å²) < 4.78 is 5.15. The molecule has 0 aliphatic carbocycles. The maximum absolute atomic E-state index is 12.4. The van der Waals surface area contributed by atoms with E-state index in [0.29, 0.717) is 41.9 Å². The van der Waals surface area contributed by atoms with Gasteiger partial charge < -0.3 is 9.64 Å². The van der Waals surface area contributed by atoms with Crippen molar-refractivity contribution in [1.82, 2.24) is 9.88 Å². The first-order valence-electron chi connectivity index (χ1n) is 8.68. The molecule has 2 aromatic rings. The van der Waals surface area contributed by atoms with Crippen LogP contribution in [0.4, 0.5) is 5.13 Å². The van der Waals surface area contributed by atoms with Crippen LogP contribution in [0.5, 0.6) is 5.75 Å². The predicted octanol–water partition coefficient (Wildman–Crippen LogP) is 3.33. The molecule has 0 saturated carbocycles. The molecule has 1 aliphatic heterocycles. The number of carbonyl (C=O) groups is 2. The highest BCUT2D eigenvalue weighted by atomic mass is 32.1. The van der Waals surface area contributed by atoms with Crippen LogP contribution in [0.25, 0.3) is 0 Å². The van der Waals surface area contributed by atoms with Gasteiger partial charge in [-0.2, -0.15) is 0 Å². The molecule has 0 spiro atoms. The summed E-state index contributed by atoms with van der Waals surface area (Å²) in [6.07, 6.45) is 1.29. The van der Waals surface area contributed by atoms with Gasteiger partial charge in [-0.3, -0.25) is 14.9 Å². The number of thiazole rings is 1. The summed E-state index contributed by atoms with van der Waals surface area (Å²) in [6.45, 7) is 5.36. The van der Waals surface area contributed by atoms with Crippen LogP contribution < -0.4 is 10.1 Å². The topological polar surface area (TPSA) is 71.5 Å². The highest BCUT2D eigenvalue weighted by Crippen LogP contribution is 2.29. The Bertz CT molecular complexity index is 816. The first-order chi connectivity index (χ1) is 12.5. The van der Waals surface area contributed by atoms with E-state index in [9.17, 15) is 9.59 Å². The van der Waals surface area contributed by atoms with E-state index in [1.165, 1.54) is 11.3 Å². The van der Waals surface area contributed by atoms with Gasteiger partial charge in [0, 0.05) is 29.8 Å². The Balaban J connectivity index is 1.68. The standard InChI is InChI=1S/C19H23N3O3S/c1-12(2)9-17(23)22-8-7-15-16(11-22)26-19(20-15)21-18(24)13-5-4-6-14(10-13)25-3/h4-6,10,12H,7-9,11H2,1-3H3,(H,20,21,24). The molecule has 26 heavy (non-hydrogen) atoms. The minimum Gasteiger partial charge on any atom is -0.497 e. The van der Waals surface area contributed by atoms with Crippen LogP contribution in [0.3, 0.4) is 0 Å². The third-order valence-electron chi connectivity index (χ3n) is 4.22. The van der Waals surface area contributed by atoms with Gasteiger partial charge in [0.05, 0.1) is 19.3 Å². The average Bonchev–Trinajstić information content (AvgIpc) is 3.02. The molecule has 1 aromatic carbocycles. The Hall–Kier alpha value is -2.41. The van der Waals surface area contributed by atoms with Crippen molar-refractivity contribution in [1.29, 1.82) is 0 Å². The third-order valence-corrected chi connectivity index (χ3v) is 5.22. The second-order valence-corrected chi connectivity index (χ2v) is 7.82. The van der Waals surface area contributed by atoms with Gasteiger partial charge in [-0.15, -0.1) is 0 Å². The van der Waals surface area contributed by atoms with Crippen molar-refractivity contribution in [3.8, 4) is 5.75 Å². The molecule has 0 unspecified atom stereocenters. The Morgan fingerprint density at radius 3 is 2.92 bits per heavy atom. The minimum absolute atomic E-state index is 0.181. The number of nitrogens with one attached hydrogen (secondary N) is 1. The summed E-state index contributed by atoms with van der Waals surface area (Å²) in [7, 11) is 1.57. The van der Waals surface area contributed by atoms with Gasteiger partial charge in [0.25, 0.3) is 5.91 Å². The number of aromatic nitrogens is 1. The zero-order chi connectivity index (χ0) is 18.7. The Kier molecular flexibility index (Phi) is 5.56. The number of fused-ring (bicyclic) bond motifs is 1. The highest BCUT2D eigenvalue weighted by Gasteiger charge is 2.25. The smallest absolute Gasteiger partial charge is 0.257 e. The zero-order valence-electron chi connectivity index (χ0n) is 15.2. The maximum Gasteiger partial charge on any atom is 0.257 e. The van der Waals surface area contributed by atoms with E-state index in [0.717, 1.165) is 17.0 Å². The molecule has 0 atom stereocenters. The molecule has 7 heteroatoms. The van der Waals surface area contributed by atoms with E-state index < -0.39 is 0 Å². The number of rotatable bonds is 5. The summed E-state index contributed by atoms with van der Waals surface area (Å²) in [5.41, 5.74) is 1.50. The van der Waals surface area contributed by atoms with Gasteiger partial charge in [0.15, 0.2) is 5.13 Å². The zero-order valence-corrected chi connectivity index (χ0v) is 16.1. The summed E-state index contributed by atoms with van der Waals surface area (Å²) in [6, 6.07) is 6.99. The van der Waals surface area contributed by atoms with E-state index in [4.69, 9.17) is 4.74 Å². The van der Waals surface area contributed by atoms with Gasteiger partial charge in [-0.05, 0) is 24.1 Å². The Labute approximate surface area is 157 Å². The van der Waals surface area contributed by atoms with Crippen molar-refractivity contribution < 1.29 is 14.3 Å². The molecule has 0 radical (unpaired) electrons. The van der Waals surface area contributed by atoms with Gasteiger partial charge in [-0.1, -0.05) is 31.3 Å². The number of benzene rings is 1. The van der Waals surface area contributed by atoms with Crippen LogP contribution in [0.2, 0.25) is 0 Å². The van der Waals surface area contributed by atoms with E-state index in [2.05, 4.69) is 10.3 Å². The summed E-state index contributed by atoms with van der Waals surface area (Å²) in [4.78, 5) is 32.2. The molecule has 0 bridgehead atoms. The van der Waals surface area contributed by atoms with E-state index in [1.54, 1.807) is 31.4 Å². The second kappa shape index (κ2) is 7.86. The number of hydrogen-bond donors (Lipinski definition) is 1. The van der Waals surface area contributed by atoms with Crippen LogP contribution in [-0.2, 0) is 17.8 Å². The van der Waals surface area contributed by atoms with Crippen molar-refractivity contribution in [3.63, 3.8) is 0 Å². The lowest BCUT2D eigenvalue weighted by atomic mass is 10.1. The average molecular weight is 373 g/mol. The number of hydrogen-bond acceptors (Lipinski definition) is 5. The largest absolute Gasteiger partial charge is 0.497 e. The number of carbonyl (C=O) groups excluding carboxylic acids is 2. The minimum atomic E-state index is -0.220. The molecule has 0 fully saturated rings. The van der Waals surface area contributed by atoms with E-state index in [1.807, 2.05) is 18.7 Å². The lowest BCUT2D eigenvalue weighted by Crippen LogP contribution is -2.36. The molecule has 0 saturated heterocycles. The molecule has 2 heterocycles. The molecular formula is C19H23N3O3S. The quantitative estimate of drug-likeness (QED) is 0.873. The first-order valence-corrected chi connectivity index (χ1v) is 9.49. The molecular weight excluding hydrogens is 350 g/mol. The van der Waals surface area contributed by atoms with E-state index >= 15 is 0 Å². The third kappa shape index (κ3) is 4.22. The molecule has 1 aromatic heterocycles. The van der Waals surface area contributed by atoms with Crippen molar-refractivity contribution >= 4 is 28.3 Å². The number of anilines is 1. The van der Waals surface area contributed by atoms with Crippen molar-refractivity contribution in [3.05, 3.63) is 40.4 Å². The number of nitrogens with zero attached hydrogens (tertiary/aromatic N) is 2. The van der Waals surface area contributed by atoms with E-state index in [-0.39, 0.29) is 11.8 Å². The van der Waals surface area contributed by atoms with Crippen molar-refractivity contribution in [2.24, 2.45) is 5.92 Å². The van der Waals surface area contributed by atoms with Gasteiger partial charge in [0.2, 0.25) is 5.91 Å². The van der Waals surface area contributed by atoms with Gasteiger partial charge in [0.1, 0.15) is 5.75 Å². The van der Waals surface area contributed by atoms with Crippen LogP contribution in [-0.4, -0.2) is 35.4 Å². The molecule has 3 rings (SSSR count). The van der Waals surface area contributed by atoms with Crippen LogP contribution in [0, 0.1) is 5.92 Å². The van der Waals surface area contributed by atoms with Gasteiger partial charge in [-0.25, -0.2) is 4.98 Å². The monoisotopic (exact) mass is 373 g/mol. The van der Waals surface area contributed by atoms with Crippen LogP contribution in [0.15, 0.2) is 24.3 Å². The SMILES string of the molecule is COc1cccc(C(=O)Nc2nc3c(s2)CN(C(=O)CC(C)C)CC3)c1. The summed E-state index contributed by atoms with van der Waals surface area (Å²) >= 11 is 1.44. The first kappa shape index (κ1) is 18.4. The predicted molar refractivity (Wildman–Crippen MR) is 102 cm³/mol. The van der Waals surface area contributed by atoms with Crippen LogP contribution in [0.1, 0.15) is 41.2 Å². The Morgan fingerprint density at radius 2 is 2.19 bits per heavy atom. The Morgan fingerprint density at radius 1 is 1.38 bits per heavy atom. The molecule has 138 valence electrons. The normalized spacial score (nSPS) is 13.5. The second-order valence-electron chi connectivity index (χ2n) is 6.74. The summed E-state index contributed by atoms with van der Waals surface area (Å²) in [5.74, 6) is 0.946. The fourth-order valence-corrected chi connectivity index (χ4v) is 3.89. The highest BCUT2D eigenvalue weighted by molar-refractivity contribution is 7.15.